The van der Waals surface area contributed by atoms with Gasteiger partial charge >= 0.3 is 0 Å². The Morgan fingerprint density at radius 3 is 2.75 bits per heavy atom. The van der Waals surface area contributed by atoms with Crippen LogP contribution < -0.4 is 0 Å². The summed E-state index contributed by atoms with van der Waals surface area (Å²) in [6, 6.07) is 0. The molecule has 0 heterocycles. The number of hydrogen-bond donors (Lipinski definition) is 0. The molecule has 110 valence electrons. The van der Waals surface area contributed by atoms with Crippen LogP contribution in [-0.4, -0.2) is 19.0 Å². The van der Waals surface area contributed by atoms with Gasteiger partial charge in [-0.3, -0.25) is 4.79 Å². The molecular weight excluding hydrogens is 248 g/mol. The second-order valence-electron chi connectivity index (χ2n) is 6.99. The molecule has 0 aliphatic heterocycles. The zero-order valence-electron chi connectivity index (χ0n) is 13.0. The van der Waals surface area contributed by atoms with E-state index in [0.717, 1.165) is 25.7 Å². The molecule has 1 spiro atoms. The van der Waals surface area contributed by atoms with Gasteiger partial charge in [0.05, 0.1) is 6.10 Å². The summed E-state index contributed by atoms with van der Waals surface area (Å²) >= 11 is 0. The van der Waals surface area contributed by atoms with Crippen LogP contribution in [0.3, 0.4) is 0 Å². The predicted octanol–water partition coefficient (Wildman–Crippen LogP) is 4.21. The van der Waals surface area contributed by atoms with Crippen LogP contribution >= 0.6 is 0 Å². The Balaban J connectivity index is 2.15. The summed E-state index contributed by atoms with van der Waals surface area (Å²) in [6.07, 6.45) is 9.89. The van der Waals surface area contributed by atoms with Crippen LogP contribution in [0, 0.1) is 11.3 Å². The van der Waals surface area contributed by atoms with Gasteiger partial charge in [-0.25, -0.2) is 0 Å². The molecule has 0 unspecified atom stereocenters. The number of rotatable bonds is 2. The van der Waals surface area contributed by atoms with E-state index in [2.05, 4.69) is 19.9 Å². The molecule has 0 N–H and O–H groups in total. The van der Waals surface area contributed by atoms with Crippen LogP contribution in [0.25, 0.3) is 0 Å². The van der Waals surface area contributed by atoms with E-state index in [1.165, 1.54) is 29.6 Å². The second kappa shape index (κ2) is 5.14. The van der Waals surface area contributed by atoms with E-state index < -0.39 is 0 Å². The van der Waals surface area contributed by atoms with Crippen LogP contribution in [-0.2, 0) is 9.53 Å². The van der Waals surface area contributed by atoms with Crippen LogP contribution in [0.4, 0.5) is 0 Å². The summed E-state index contributed by atoms with van der Waals surface area (Å²) < 4.78 is 5.72. The van der Waals surface area contributed by atoms with Crippen molar-refractivity contribution in [2.45, 2.75) is 64.9 Å². The number of carbonyl (C=O) groups excluding carboxylic acids is 1. The Hall–Kier alpha value is -0.890. The van der Waals surface area contributed by atoms with Gasteiger partial charge in [-0.1, -0.05) is 18.1 Å². The van der Waals surface area contributed by atoms with Gasteiger partial charge in [-0.05, 0) is 57.1 Å². The summed E-state index contributed by atoms with van der Waals surface area (Å²) in [5.41, 5.74) is 4.46. The Morgan fingerprint density at radius 2 is 2.05 bits per heavy atom. The predicted molar refractivity (Wildman–Crippen MR) is 80.5 cm³/mol. The van der Waals surface area contributed by atoms with Crippen molar-refractivity contribution in [2.75, 3.05) is 7.11 Å². The fourth-order valence-electron chi connectivity index (χ4n) is 4.85. The number of methoxy groups -OCH3 is 1. The molecule has 3 aliphatic carbocycles. The van der Waals surface area contributed by atoms with Gasteiger partial charge in [0.1, 0.15) is 5.78 Å². The van der Waals surface area contributed by atoms with Crippen LogP contribution in [0.15, 0.2) is 22.8 Å². The Bertz CT molecular complexity index is 482. The zero-order valence-corrected chi connectivity index (χ0v) is 13.0. The maximum atomic E-state index is 12.6. The van der Waals surface area contributed by atoms with Crippen molar-refractivity contribution < 1.29 is 9.53 Å². The van der Waals surface area contributed by atoms with E-state index >= 15 is 0 Å². The third-order valence-corrected chi connectivity index (χ3v) is 5.65. The molecule has 0 aromatic rings. The number of hydrogen-bond acceptors (Lipinski definition) is 2. The topological polar surface area (TPSA) is 26.3 Å². The first-order valence-electron chi connectivity index (χ1n) is 8.02. The molecule has 3 aliphatic rings. The first-order chi connectivity index (χ1) is 9.58. The summed E-state index contributed by atoms with van der Waals surface area (Å²) in [6.45, 7) is 4.33. The van der Waals surface area contributed by atoms with Crippen molar-refractivity contribution in [3.8, 4) is 0 Å². The highest BCUT2D eigenvalue weighted by atomic mass is 16.5. The number of ether oxygens (including phenoxy) is 1. The maximum Gasteiger partial charge on any atom is 0.136 e. The largest absolute Gasteiger partial charge is 0.377 e. The van der Waals surface area contributed by atoms with E-state index in [-0.39, 0.29) is 17.4 Å². The summed E-state index contributed by atoms with van der Waals surface area (Å²) in [5.74, 6) is 0.772. The zero-order chi connectivity index (χ0) is 14.3. The molecule has 0 radical (unpaired) electrons. The summed E-state index contributed by atoms with van der Waals surface area (Å²) in [4.78, 5) is 12.6. The van der Waals surface area contributed by atoms with Gasteiger partial charge in [-0.2, -0.15) is 0 Å². The standard InChI is InChI=1S/C18H26O2/c1-12(2)11-15-13-8-10-18(15)9-4-5-14(18)16(19)6-7-17(13)20-3/h11,14,17H,4-10H2,1-3H3/t14-,17-,18-/m1/s1. The van der Waals surface area contributed by atoms with Crippen molar-refractivity contribution in [1.82, 2.24) is 0 Å². The first-order valence-corrected chi connectivity index (χ1v) is 8.02. The normalized spacial score (nSPS) is 36.6. The lowest BCUT2D eigenvalue weighted by molar-refractivity contribution is -0.125. The highest BCUT2D eigenvalue weighted by Crippen LogP contribution is 2.60. The minimum absolute atomic E-state index is 0.154. The molecule has 0 aromatic heterocycles. The number of Topliss-reactive ketones (excluding diaryl/α,β-unsaturated/α-hetero) is 1. The van der Waals surface area contributed by atoms with Crippen LogP contribution in [0.1, 0.15) is 58.8 Å². The Kier molecular flexibility index (Phi) is 3.62. The van der Waals surface area contributed by atoms with Crippen molar-refractivity contribution in [3.63, 3.8) is 0 Å². The lowest BCUT2D eigenvalue weighted by Crippen LogP contribution is -2.33. The van der Waals surface area contributed by atoms with E-state index in [1.807, 2.05) is 0 Å². The van der Waals surface area contributed by atoms with Crippen LogP contribution in [0.2, 0.25) is 0 Å². The fourth-order valence-corrected chi connectivity index (χ4v) is 4.85. The molecule has 1 saturated carbocycles. The molecule has 0 aromatic carbocycles. The van der Waals surface area contributed by atoms with Gasteiger partial charge in [0.25, 0.3) is 0 Å². The van der Waals surface area contributed by atoms with Crippen molar-refractivity contribution >= 4 is 5.78 Å². The second-order valence-corrected chi connectivity index (χ2v) is 6.99. The molecule has 2 nitrogen and oxygen atoms in total. The average Bonchev–Trinajstić information content (AvgIpc) is 2.97. The van der Waals surface area contributed by atoms with E-state index in [1.54, 1.807) is 7.11 Å². The molecule has 2 heteroatoms. The minimum Gasteiger partial charge on any atom is -0.377 e. The van der Waals surface area contributed by atoms with Crippen molar-refractivity contribution in [1.29, 1.82) is 0 Å². The first kappa shape index (κ1) is 14.1. The lowest BCUT2D eigenvalue weighted by Gasteiger charge is -2.35. The van der Waals surface area contributed by atoms with Gasteiger partial charge < -0.3 is 4.74 Å². The van der Waals surface area contributed by atoms with Gasteiger partial charge in [-0.15, -0.1) is 0 Å². The van der Waals surface area contributed by atoms with E-state index in [0.29, 0.717) is 12.2 Å². The van der Waals surface area contributed by atoms with Gasteiger partial charge in [0.15, 0.2) is 0 Å². The smallest absolute Gasteiger partial charge is 0.136 e. The summed E-state index contributed by atoms with van der Waals surface area (Å²) in [5, 5.41) is 0. The maximum absolute atomic E-state index is 12.6. The quantitative estimate of drug-likeness (QED) is 0.754. The van der Waals surface area contributed by atoms with E-state index in [4.69, 9.17) is 4.74 Å². The van der Waals surface area contributed by atoms with Gasteiger partial charge in [0, 0.05) is 24.9 Å². The van der Waals surface area contributed by atoms with Gasteiger partial charge in [0.2, 0.25) is 0 Å². The molecule has 0 amide bonds. The van der Waals surface area contributed by atoms with E-state index in [9.17, 15) is 4.79 Å². The summed E-state index contributed by atoms with van der Waals surface area (Å²) in [7, 11) is 1.79. The van der Waals surface area contributed by atoms with Crippen molar-refractivity contribution in [2.24, 2.45) is 11.3 Å². The minimum atomic E-state index is 0.154. The highest BCUT2D eigenvalue weighted by molar-refractivity contribution is 5.83. The number of ketones is 1. The molecule has 3 rings (SSSR count). The third kappa shape index (κ3) is 2.00. The Labute approximate surface area is 122 Å². The molecule has 1 fully saturated rings. The molecule has 20 heavy (non-hydrogen) atoms. The lowest BCUT2D eigenvalue weighted by atomic mass is 9.68. The third-order valence-electron chi connectivity index (χ3n) is 5.65. The average molecular weight is 274 g/mol. The molecule has 2 bridgehead atoms. The fraction of sp³-hybridized carbons (Fsp3) is 0.722. The SMILES string of the molecule is CO[C@@H]1CCC(=O)[C@H]2CCC[C@@]23CCC1=C3C=C(C)C. The van der Waals surface area contributed by atoms with Crippen molar-refractivity contribution in [3.05, 3.63) is 22.8 Å². The Morgan fingerprint density at radius 1 is 1.25 bits per heavy atom. The highest BCUT2D eigenvalue weighted by Gasteiger charge is 2.52. The monoisotopic (exact) mass is 274 g/mol. The number of allylic oxidation sites excluding steroid dienone is 3. The molecular formula is C18H26O2. The molecule has 3 atom stereocenters. The number of carbonyl (C=O) groups is 1. The molecule has 0 saturated heterocycles. The van der Waals surface area contributed by atoms with Crippen LogP contribution in [0.5, 0.6) is 0 Å².